The zero-order chi connectivity index (χ0) is 19.7. The van der Waals surface area contributed by atoms with Crippen LogP contribution in [0.4, 0.5) is 5.00 Å². The second kappa shape index (κ2) is 8.03. The average Bonchev–Trinajstić information content (AvgIpc) is 3.43. The maximum absolute atomic E-state index is 13.1. The van der Waals surface area contributed by atoms with E-state index < -0.39 is 16.1 Å². The summed E-state index contributed by atoms with van der Waals surface area (Å²) in [6, 6.07) is 4.53. The lowest BCUT2D eigenvalue weighted by Gasteiger charge is -2.33. The summed E-state index contributed by atoms with van der Waals surface area (Å²) in [6.07, 6.45) is 2.11. The van der Waals surface area contributed by atoms with Crippen LogP contribution in [0.2, 0.25) is 0 Å². The van der Waals surface area contributed by atoms with E-state index >= 15 is 0 Å². The largest absolute Gasteiger partial charge is 0.316 e. The molecule has 0 radical (unpaired) electrons. The molecular formula is C18H19N3O3S4. The molecule has 1 saturated heterocycles. The number of hydrogen-bond donors (Lipinski definition) is 1. The smallest absolute Gasteiger partial charge is 0.253 e. The Morgan fingerprint density at radius 1 is 1.21 bits per heavy atom. The molecule has 0 saturated carbocycles. The van der Waals surface area contributed by atoms with Crippen LogP contribution in [-0.4, -0.2) is 36.2 Å². The molecule has 0 aliphatic carbocycles. The van der Waals surface area contributed by atoms with Gasteiger partial charge in [-0.2, -0.15) is 4.31 Å². The summed E-state index contributed by atoms with van der Waals surface area (Å²) >= 11 is 4.13. The normalized spacial score (nSPS) is 18.2. The number of carbonyl (C=O) groups excluding carboxylic acids is 1. The molecule has 148 valence electrons. The number of thiophene rings is 2. The van der Waals surface area contributed by atoms with Crippen LogP contribution in [0.25, 0.3) is 10.6 Å². The third kappa shape index (κ3) is 3.79. The molecule has 3 aromatic heterocycles. The van der Waals surface area contributed by atoms with Crippen molar-refractivity contribution in [1.82, 2.24) is 9.29 Å². The number of carbonyl (C=O) groups is 1. The number of piperidine rings is 1. The first kappa shape index (κ1) is 19.7. The first-order valence-corrected chi connectivity index (χ1v) is 12.9. The number of thiazole rings is 1. The van der Waals surface area contributed by atoms with Gasteiger partial charge in [0, 0.05) is 23.2 Å². The van der Waals surface area contributed by atoms with E-state index in [9.17, 15) is 13.2 Å². The predicted molar refractivity (Wildman–Crippen MR) is 115 cm³/mol. The van der Waals surface area contributed by atoms with E-state index in [1.54, 1.807) is 17.5 Å². The Morgan fingerprint density at radius 3 is 2.79 bits per heavy atom. The van der Waals surface area contributed by atoms with Crippen molar-refractivity contribution in [3.05, 3.63) is 40.0 Å². The van der Waals surface area contributed by atoms with Crippen LogP contribution in [0.5, 0.6) is 0 Å². The van der Waals surface area contributed by atoms with Crippen LogP contribution < -0.4 is 5.32 Å². The Morgan fingerprint density at radius 2 is 2.07 bits per heavy atom. The molecule has 1 aliphatic rings. The van der Waals surface area contributed by atoms with Gasteiger partial charge in [0.15, 0.2) is 0 Å². The molecule has 4 rings (SSSR count). The van der Waals surface area contributed by atoms with Crippen LogP contribution in [-0.2, 0) is 14.8 Å². The summed E-state index contributed by atoms with van der Waals surface area (Å²) in [6.45, 7) is 2.29. The van der Waals surface area contributed by atoms with Crippen LogP contribution in [0.3, 0.4) is 0 Å². The highest BCUT2D eigenvalue weighted by Crippen LogP contribution is 2.36. The lowest BCUT2D eigenvalue weighted by Crippen LogP contribution is -2.49. The third-order valence-electron chi connectivity index (χ3n) is 4.57. The summed E-state index contributed by atoms with van der Waals surface area (Å²) < 4.78 is 27.7. The van der Waals surface area contributed by atoms with Gasteiger partial charge in [0.05, 0.1) is 0 Å². The van der Waals surface area contributed by atoms with Gasteiger partial charge >= 0.3 is 0 Å². The van der Waals surface area contributed by atoms with Crippen molar-refractivity contribution in [3.63, 3.8) is 0 Å². The maximum atomic E-state index is 13.1. The second-order valence-corrected chi connectivity index (χ2v) is 11.3. The van der Waals surface area contributed by atoms with Gasteiger partial charge in [0.25, 0.3) is 10.0 Å². The number of amides is 1. The van der Waals surface area contributed by atoms with E-state index in [1.165, 1.54) is 38.3 Å². The number of aromatic nitrogens is 1. The molecule has 28 heavy (non-hydrogen) atoms. The monoisotopic (exact) mass is 453 g/mol. The van der Waals surface area contributed by atoms with E-state index in [1.807, 2.05) is 23.8 Å². The Balaban J connectivity index is 1.58. The first-order chi connectivity index (χ1) is 13.5. The van der Waals surface area contributed by atoms with Crippen molar-refractivity contribution >= 4 is 54.9 Å². The Kier molecular flexibility index (Phi) is 5.66. The lowest BCUT2D eigenvalue weighted by atomic mass is 10.0. The minimum Gasteiger partial charge on any atom is -0.316 e. The van der Waals surface area contributed by atoms with Gasteiger partial charge < -0.3 is 5.32 Å². The number of hydrogen-bond acceptors (Lipinski definition) is 7. The number of anilines is 1. The van der Waals surface area contributed by atoms with Crippen molar-refractivity contribution in [2.24, 2.45) is 0 Å². The second-order valence-electron chi connectivity index (χ2n) is 6.51. The van der Waals surface area contributed by atoms with E-state index in [0.717, 1.165) is 29.1 Å². The first-order valence-electron chi connectivity index (χ1n) is 8.83. The summed E-state index contributed by atoms with van der Waals surface area (Å²) in [7, 11) is -3.67. The number of aryl methyl sites for hydroxylation is 1. The third-order valence-corrected chi connectivity index (χ3v) is 9.67. The SMILES string of the molecule is Cc1csc(-c2ccsc2NC(=O)C2CCCCN2S(=O)(=O)c2cccs2)n1. The topological polar surface area (TPSA) is 79.4 Å². The zero-order valence-electron chi connectivity index (χ0n) is 15.1. The fraction of sp³-hybridized carbons (Fsp3) is 0.333. The molecule has 0 spiro atoms. The minimum absolute atomic E-state index is 0.280. The fourth-order valence-electron chi connectivity index (χ4n) is 3.23. The van der Waals surface area contributed by atoms with Crippen molar-refractivity contribution in [2.75, 3.05) is 11.9 Å². The van der Waals surface area contributed by atoms with E-state index in [-0.39, 0.29) is 10.1 Å². The molecule has 3 aromatic rings. The van der Waals surface area contributed by atoms with E-state index in [2.05, 4.69) is 10.3 Å². The fourth-order valence-corrected chi connectivity index (χ4v) is 7.69. The number of nitrogens with one attached hydrogen (secondary N) is 1. The maximum Gasteiger partial charge on any atom is 0.253 e. The molecule has 1 fully saturated rings. The molecule has 4 heterocycles. The molecule has 6 nitrogen and oxygen atoms in total. The van der Waals surface area contributed by atoms with Crippen molar-refractivity contribution < 1.29 is 13.2 Å². The van der Waals surface area contributed by atoms with Gasteiger partial charge in [-0.1, -0.05) is 12.5 Å². The quantitative estimate of drug-likeness (QED) is 0.620. The molecule has 1 N–H and O–H groups in total. The van der Waals surface area contributed by atoms with Crippen molar-refractivity contribution in [1.29, 1.82) is 0 Å². The average molecular weight is 454 g/mol. The predicted octanol–water partition coefficient (Wildman–Crippen LogP) is 4.42. The molecular weight excluding hydrogens is 434 g/mol. The Hall–Kier alpha value is -1.59. The highest BCUT2D eigenvalue weighted by molar-refractivity contribution is 7.91. The van der Waals surface area contributed by atoms with Crippen LogP contribution in [0.15, 0.2) is 38.5 Å². The summed E-state index contributed by atoms with van der Waals surface area (Å²) in [5.74, 6) is -0.281. The van der Waals surface area contributed by atoms with Gasteiger partial charge in [0.2, 0.25) is 5.91 Å². The molecule has 0 bridgehead atoms. The highest BCUT2D eigenvalue weighted by Gasteiger charge is 2.38. The van der Waals surface area contributed by atoms with Crippen LogP contribution >= 0.6 is 34.0 Å². The summed E-state index contributed by atoms with van der Waals surface area (Å²) in [5, 5.41) is 10.1. The molecule has 1 atom stereocenters. The molecule has 0 aromatic carbocycles. The molecule has 1 amide bonds. The Labute approximate surface area is 175 Å². The van der Waals surface area contributed by atoms with E-state index in [0.29, 0.717) is 18.0 Å². The zero-order valence-corrected chi connectivity index (χ0v) is 18.4. The highest BCUT2D eigenvalue weighted by atomic mass is 32.2. The standard InChI is InChI=1S/C18H19N3O3S4/c1-12-11-27-17(19-12)13-7-10-26-18(13)20-16(22)14-5-2-3-8-21(14)28(23,24)15-6-4-9-25-15/h4,6-7,9-11,14H,2-3,5,8H2,1H3,(H,20,22). The molecule has 1 unspecified atom stereocenters. The van der Waals surface area contributed by atoms with E-state index in [4.69, 9.17) is 0 Å². The van der Waals surface area contributed by atoms with Crippen LogP contribution in [0, 0.1) is 6.92 Å². The van der Waals surface area contributed by atoms with Gasteiger partial charge in [0.1, 0.15) is 20.3 Å². The molecule has 1 aliphatic heterocycles. The van der Waals surface area contributed by atoms with Gasteiger partial charge in [-0.15, -0.1) is 34.0 Å². The Bertz CT molecular complexity index is 1070. The van der Waals surface area contributed by atoms with Crippen LogP contribution in [0.1, 0.15) is 25.0 Å². The van der Waals surface area contributed by atoms with Gasteiger partial charge in [-0.3, -0.25) is 4.79 Å². The number of nitrogens with zero attached hydrogens (tertiary/aromatic N) is 2. The van der Waals surface area contributed by atoms with Crippen molar-refractivity contribution in [3.8, 4) is 10.6 Å². The number of rotatable bonds is 5. The number of sulfonamides is 1. The summed E-state index contributed by atoms with van der Waals surface area (Å²) in [5.41, 5.74) is 1.81. The lowest BCUT2D eigenvalue weighted by molar-refractivity contribution is -0.120. The minimum atomic E-state index is -3.67. The van der Waals surface area contributed by atoms with Gasteiger partial charge in [-0.05, 0) is 42.7 Å². The van der Waals surface area contributed by atoms with Gasteiger partial charge in [-0.25, -0.2) is 13.4 Å². The van der Waals surface area contributed by atoms with Crippen molar-refractivity contribution in [2.45, 2.75) is 36.4 Å². The summed E-state index contributed by atoms with van der Waals surface area (Å²) in [4.78, 5) is 17.5. The molecule has 10 heteroatoms.